The zero-order valence-electron chi connectivity index (χ0n) is 22.2. The lowest BCUT2D eigenvalue weighted by Crippen LogP contribution is -2.36. The number of amides is 3. The number of hydrogen-bond acceptors (Lipinski definition) is 6. The van der Waals surface area contributed by atoms with E-state index in [9.17, 15) is 14.4 Å². The van der Waals surface area contributed by atoms with Gasteiger partial charge in [0.25, 0.3) is 11.1 Å². The van der Waals surface area contributed by atoms with Gasteiger partial charge in [-0.2, -0.15) is 0 Å². The van der Waals surface area contributed by atoms with Crippen LogP contribution in [0.4, 0.5) is 10.5 Å². The number of nitrogens with one attached hydrogen (secondary N) is 1. The molecule has 39 heavy (non-hydrogen) atoms. The van der Waals surface area contributed by atoms with Crippen LogP contribution in [0.15, 0.2) is 64.0 Å². The second-order valence-corrected chi connectivity index (χ2v) is 11.0. The molecule has 1 N–H and O–H groups in total. The van der Waals surface area contributed by atoms with Gasteiger partial charge in [-0.25, -0.2) is 0 Å². The van der Waals surface area contributed by atoms with Gasteiger partial charge in [0.15, 0.2) is 11.5 Å². The van der Waals surface area contributed by atoms with Gasteiger partial charge in [-0.05, 0) is 95.8 Å². The van der Waals surface area contributed by atoms with Crippen molar-refractivity contribution < 1.29 is 23.9 Å². The first-order valence-electron chi connectivity index (χ1n) is 12.4. The van der Waals surface area contributed by atoms with E-state index in [4.69, 9.17) is 9.47 Å². The van der Waals surface area contributed by atoms with E-state index in [1.54, 1.807) is 18.2 Å². The number of imide groups is 1. The SMILES string of the molecule is CCOc1cc(/C=C2/SC(=O)N(CC(=O)Nc3c(C)cc(C)cc3C)C2=O)cc(Br)c1OCc1ccccc1. The quantitative estimate of drug-likeness (QED) is 0.263. The molecule has 1 saturated heterocycles. The summed E-state index contributed by atoms with van der Waals surface area (Å²) in [5.74, 6) is 0.103. The Morgan fingerprint density at radius 3 is 2.38 bits per heavy atom. The minimum atomic E-state index is -0.518. The van der Waals surface area contributed by atoms with Gasteiger partial charge in [0.2, 0.25) is 5.91 Å². The summed E-state index contributed by atoms with van der Waals surface area (Å²) in [7, 11) is 0. The van der Waals surface area contributed by atoms with Crippen LogP contribution in [0.25, 0.3) is 6.08 Å². The third-order valence-corrected chi connectivity index (χ3v) is 7.47. The van der Waals surface area contributed by atoms with Crippen LogP contribution in [0.1, 0.15) is 34.7 Å². The summed E-state index contributed by atoms with van der Waals surface area (Å²) in [6, 6.07) is 17.3. The molecule has 0 atom stereocenters. The van der Waals surface area contributed by atoms with Crippen molar-refractivity contribution in [3.05, 3.63) is 91.8 Å². The lowest BCUT2D eigenvalue weighted by atomic mass is 10.1. The number of benzene rings is 3. The fraction of sp³-hybridized carbons (Fsp3) is 0.233. The molecule has 4 rings (SSSR count). The number of rotatable bonds is 9. The molecule has 1 aliphatic heterocycles. The Kier molecular flexibility index (Phi) is 9.14. The first-order chi connectivity index (χ1) is 18.7. The van der Waals surface area contributed by atoms with E-state index in [0.29, 0.717) is 40.4 Å². The van der Waals surface area contributed by atoms with Gasteiger partial charge in [0.05, 0.1) is 16.0 Å². The summed E-state index contributed by atoms with van der Waals surface area (Å²) in [6.07, 6.45) is 1.62. The van der Waals surface area contributed by atoms with Gasteiger partial charge >= 0.3 is 0 Å². The Labute approximate surface area is 240 Å². The minimum Gasteiger partial charge on any atom is -0.490 e. The second-order valence-electron chi connectivity index (χ2n) is 9.13. The Hall–Kier alpha value is -3.56. The Balaban J connectivity index is 1.50. The van der Waals surface area contributed by atoms with Crippen molar-refractivity contribution in [2.45, 2.75) is 34.3 Å². The molecule has 0 aliphatic carbocycles. The van der Waals surface area contributed by atoms with E-state index in [1.165, 1.54) is 0 Å². The third-order valence-electron chi connectivity index (χ3n) is 5.97. The average Bonchev–Trinajstić information content (AvgIpc) is 3.13. The largest absolute Gasteiger partial charge is 0.490 e. The van der Waals surface area contributed by atoms with Gasteiger partial charge in [0.1, 0.15) is 13.2 Å². The zero-order chi connectivity index (χ0) is 28.1. The normalized spacial score (nSPS) is 14.2. The molecule has 3 amide bonds. The number of halogens is 1. The Morgan fingerprint density at radius 1 is 1.03 bits per heavy atom. The third kappa shape index (κ3) is 6.91. The minimum absolute atomic E-state index is 0.225. The molecule has 0 unspecified atom stereocenters. The van der Waals surface area contributed by atoms with Crippen LogP contribution in [0.5, 0.6) is 11.5 Å². The maximum absolute atomic E-state index is 13.1. The molecule has 1 aliphatic rings. The van der Waals surface area contributed by atoms with Crippen molar-refractivity contribution in [1.29, 1.82) is 0 Å². The number of nitrogens with zero attached hydrogens (tertiary/aromatic N) is 1. The van der Waals surface area contributed by atoms with Gasteiger partial charge in [0, 0.05) is 5.69 Å². The van der Waals surface area contributed by atoms with Crippen molar-refractivity contribution in [2.75, 3.05) is 18.5 Å². The first kappa shape index (κ1) is 28.4. The number of carbonyl (C=O) groups is 3. The van der Waals surface area contributed by atoms with Crippen LogP contribution < -0.4 is 14.8 Å². The first-order valence-corrected chi connectivity index (χ1v) is 14.0. The van der Waals surface area contributed by atoms with E-state index in [1.807, 2.05) is 70.2 Å². The predicted octanol–water partition coefficient (Wildman–Crippen LogP) is 7.03. The van der Waals surface area contributed by atoms with Crippen molar-refractivity contribution in [3.8, 4) is 11.5 Å². The summed E-state index contributed by atoms with van der Waals surface area (Å²) in [5, 5.41) is 2.35. The van der Waals surface area contributed by atoms with E-state index >= 15 is 0 Å². The summed E-state index contributed by atoms with van der Waals surface area (Å²) < 4.78 is 12.5. The molecular formula is C30H29BrN2O5S. The van der Waals surface area contributed by atoms with E-state index in [2.05, 4.69) is 21.2 Å². The standard InChI is InChI=1S/C30H29BrN2O5S/c1-5-37-24-14-22(13-23(31)28(24)38-17-21-9-7-6-8-10-21)15-25-29(35)33(30(36)39-25)16-26(34)32-27-19(3)11-18(2)12-20(27)4/h6-15H,5,16-17H2,1-4H3,(H,32,34)/b25-15+. The summed E-state index contributed by atoms with van der Waals surface area (Å²) >= 11 is 4.35. The monoisotopic (exact) mass is 608 g/mol. The highest BCUT2D eigenvalue weighted by Crippen LogP contribution is 2.39. The van der Waals surface area contributed by atoms with Crippen LogP contribution in [0.2, 0.25) is 0 Å². The molecule has 0 bridgehead atoms. The van der Waals surface area contributed by atoms with Crippen molar-refractivity contribution in [1.82, 2.24) is 4.90 Å². The number of carbonyl (C=O) groups excluding carboxylic acids is 3. The smallest absolute Gasteiger partial charge is 0.294 e. The van der Waals surface area contributed by atoms with E-state index in [-0.39, 0.29) is 11.4 Å². The van der Waals surface area contributed by atoms with Gasteiger partial charge in [-0.3, -0.25) is 19.3 Å². The molecule has 1 fully saturated rings. The highest BCUT2D eigenvalue weighted by molar-refractivity contribution is 9.10. The number of anilines is 1. The summed E-state index contributed by atoms with van der Waals surface area (Å²) in [6.45, 7) is 8.09. The fourth-order valence-corrected chi connectivity index (χ4v) is 5.70. The molecular weight excluding hydrogens is 580 g/mol. The molecule has 1 heterocycles. The molecule has 0 aromatic heterocycles. The molecule has 0 radical (unpaired) electrons. The second kappa shape index (κ2) is 12.5. The molecule has 0 saturated carbocycles. The molecule has 3 aromatic carbocycles. The molecule has 9 heteroatoms. The van der Waals surface area contributed by atoms with Gasteiger partial charge in [-0.1, -0.05) is 48.0 Å². The maximum atomic E-state index is 13.1. The maximum Gasteiger partial charge on any atom is 0.294 e. The van der Waals surface area contributed by atoms with Crippen LogP contribution in [0, 0.1) is 20.8 Å². The molecule has 3 aromatic rings. The number of thioether (sulfide) groups is 1. The average molecular weight is 610 g/mol. The van der Waals surface area contributed by atoms with Crippen molar-refractivity contribution >= 4 is 56.5 Å². The van der Waals surface area contributed by atoms with Crippen LogP contribution in [0.3, 0.4) is 0 Å². The van der Waals surface area contributed by atoms with Crippen LogP contribution in [-0.2, 0) is 16.2 Å². The molecule has 7 nitrogen and oxygen atoms in total. The van der Waals surface area contributed by atoms with Crippen LogP contribution >= 0.6 is 27.7 Å². The van der Waals surface area contributed by atoms with Crippen molar-refractivity contribution in [2.24, 2.45) is 0 Å². The lowest BCUT2D eigenvalue weighted by Gasteiger charge is -2.16. The lowest BCUT2D eigenvalue weighted by molar-refractivity contribution is -0.127. The molecule has 0 spiro atoms. The number of aryl methyl sites for hydroxylation is 3. The number of ether oxygens (including phenoxy) is 2. The number of hydrogen-bond donors (Lipinski definition) is 1. The summed E-state index contributed by atoms with van der Waals surface area (Å²) in [5.41, 5.74) is 5.29. The Morgan fingerprint density at radius 2 is 1.72 bits per heavy atom. The Bertz CT molecular complexity index is 1430. The van der Waals surface area contributed by atoms with Crippen molar-refractivity contribution in [3.63, 3.8) is 0 Å². The highest BCUT2D eigenvalue weighted by Gasteiger charge is 2.36. The fourth-order valence-electron chi connectivity index (χ4n) is 4.29. The summed E-state index contributed by atoms with van der Waals surface area (Å²) in [4.78, 5) is 39.7. The van der Waals surface area contributed by atoms with Gasteiger partial charge in [-0.15, -0.1) is 0 Å². The van der Waals surface area contributed by atoms with Gasteiger partial charge < -0.3 is 14.8 Å². The van der Waals surface area contributed by atoms with E-state index < -0.39 is 17.1 Å². The van der Waals surface area contributed by atoms with E-state index in [0.717, 1.165) is 38.9 Å². The zero-order valence-corrected chi connectivity index (χ0v) is 24.6. The highest BCUT2D eigenvalue weighted by atomic mass is 79.9. The predicted molar refractivity (Wildman–Crippen MR) is 158 cm³/mol. The van der Waals surface area contributed by atoms with Crippen LogP contribution in [-0.4, -0.2) is 35.1 Å². The molecule has 202 valence electrons. The topological polar surface area (TPSA) is 84.9 Å².